The molecule has 1 aromatic heterocycles. The molecule has 0 unspecified atom stereocenters. The molecular formula is C14H13FN3+. The lowest BCUT2D eigenvalue weighted by Gasteiger charge is -1.98. The third-order valence-electron chi connectivity index (χ3n) is 3.38. The van der Waals surface area contributed by atoms with Crippen LogP contribution < -0.4 is 4.57 Å². The van der Waals surface area contributed by atoms with E-state index in [4.69, 9.17) is 5.26 Å². The average Bonchev–Trinajstić information content (AvgIpc) is 2.95. The quantitative estimate of drug-likeness (QED) is 0.742. The Balaban J connectivity index is 2.10. The largest absolute Gasteiger partial charge is 0.257 e. The van der Waals surface area contributed by atoms with Crippen LogP contribution in [0, 0.1) is 17.1 Å². The highest BCUT2D eigenvalue weighted by molar-refractivity contribution is 5.58. The second-order valence-corrected chi connectivity index (χ2v) is 4.48. The van der Waals surface area contributed by atoms with Crippen LogP contribution in [0.4, 0.5) is 4.39 Å². The maximum atomic E-state index is 12.9. The number of rotatable bonds is 2. The Kier molecular flexibility index (Phi) is 2.60. The fraction of sp³-hybridized carbons (Fsp3) is 0.286. The molecule has 0 amide bonds. The minimum absolute atomic E-state index is 0.225. The number of imidazole rings is 1. The summed E-state index contributed by atoms with van der Waals surface area (Å²) in [6, 6.07) is 8.69. The van der Waals surface area contributed by atoms with Crippen molar-refractivity contribution in [2.45, 2.75) is 25.9 Å². The van der Waals surface area contributed by atoms with Gasteiger partial charge in [0, 0.05) is 5.56 Å². The standard InChI is InChI=1S/C14H13FN3/c15-12-5-3-11(4-6-12)13-10-17(9-7-16)14-2-1-8-18(13)14/h3-6,10H,1-2,8-9H2/q+1. The molecule has 2 heterocycles. The van der Waals surface area contributed by atoms with Gasteiger partial charge in [0.1, 0.15) is 18.1 Å². The maximum Gasteiger partial charge on any atom is 0.257 e. The number of nitrogens with zero attached hydrogens (tertiary/aromatic N) is 3. The minimum Gasteiger partial charge on any atom is -0.227 e. The summed E-state index contributed by atoms with van der Waals surface area (Å²) in [5.74, 6) is 0.965. The van der Waals surface area contributed by atoms with Crippen molar-refractivity contribution in [3.8, 4) is 17.3 Å². The molecule has 1 aliphatic heterocycles. The molecule has 1 aliphatic rings. The molecule has 0 fully saturated rings. The van der Waals surface area contributed by atoms with Gasteiger partial charge in [-0.25, -0.2) is 13.5 Å². The van der Waals surface area contributed by atoms with Crippen molar-refractivity contribution < 1.29 is 8.96 Å². The van der Waals surface area contributed by atoms with Crippen LogP contribution in [0.5, 0.6) is 0 Å². The Morgan fingerprint density at radius 3 is 2.83 bits per heavy atom. The topological polar surface area (TPSA) is 32.6 Å². The van der Waals surface area contributed by atoms with Crippen molar-refractivity contribution in [2.24, 2.45) is 0 Å². The lowest BCUT2D eigenvalue weighted by Crippen LogP contribution is -2.35. The van der Waals surface area contributed by atoms with Crippen LogP contribution >= 0.6 is 0 Å². The van der Waals surface area contributed by atoms with Gasteiger partial charge in [0.15, 0.2) is 12.2 Å². The highest BCUT2D eigenvalue weighted by atomic mass is 19.1. The van der Waals surface area contributed by atoms with Crippen molar-refractivity contribution in [1.29, 1.82) is 5.26 Å². The zero-order valence-corrected chi connectivity index (χ0v) is 9.93. The third-order valence-corrected chi connectivity index (χ3v) is 3.38. The second kappa shape index (κ2) is 4.26. The van der Waals surface area contributed by atoms with E-state index in [0.29, 0.717) is 6.54 Å². The van der Waals surface area contributed by atoms with Crippen molar-refractivity contribution in [3.05, 3.63) is 42.1 Å². The molecular weight excluding hydrogens is 229 g/mol. The van der Waals surface area contributed by atoms with E-state index in [0.717, 1.165) is 30.6 Å². The molecule has 0 N–H and O–H groups in total. The Hall–Kier alpha value is -2.15. The van der Waals surface area contributed by atoms with E-state index in [9.17, 15) is 4.39 Å². The first kappa shape index (κ1) is 11.0. The fourth-order valence-electron chi connectivity index (χ4n) is 2.57. The number of nitriles is 1. The molecule has 2 aromatic rings. The smallest absolute Gasteiger partial charge is 0.227 e. The molecule has 90 valence electrons. The predicted molar refractivity (Wildman–Crippen MR) is 64.0 cm³/mol. The van der Waals surface area contributed by atoms with Crippen molar-refractivity contribution in [2.75, 3.05) is 0 Å². The summed E-state index contributed by atoms with van der Waals surface area (Å²) in [7, 11) is 0. The monoisotopic (exact) mass is 242 g/mol. The molecule has 3 rings (SSSR count). The number of hydrogen-bond donors (Lipinski definition) is 0. The molecule has 18 heavy (non-hydrogen) atoms. The van der Waals surface area contributed by atoms with Gasteiger partial charge in [-0.15, -0.1) is 0 Å². The van der Waals surface area contributed by atoms with Crippen LogP contribution in [0.1, 0.15) is 12.2 Å². The van der Waals surface area contributed by atoms with E-state index in [1.54, 1.807) is 12.1 Å². The average molecular weight is 242 g/mol. The summed E-state index contributed by atoms with van der Waals surface area (Å²) >= 11 is 0. The number of hydrogen-bond acceptors (Lipinski definition) is 1. The molecule has 0 aliphatic carbocycles. The van der Waals surface area contributed by atoms with Gasteiger partial charge in [0.25, 0.3) is 5.82 Å². The predicted octanol–water partition coefficient (Wildman–Crippen LogP) is 2.05. The normalized spacial score (nSPS) is 13.3. The first-order chi connectivity index (χ1) is 8.79. The molecule has 0 bridgehead atoms. The number of aromatic nitrogens is 2. The number of fused-ring (bicyclic) bond motifs is 1. The van der Waals surface area contributed by atoms with Crippen molar-refractivity contribution >= 4 is 0 Å². The van der Waals surface area contributed by atoms with Gasteiger partial charge in [-0.05, 0) is 30.7 Å². The van der Waals surface area contributed by atoms with E-state index < -0.39 is 0 Å². The molecule has 0 atom stereocenters. The molecule has 4 heteroatoms. The van der Waals surface area contributed by atoms with Crippen molar-refractivity contribution in [1.82, 2.24) is 4.57 Å². The van der Waals surface area contributed by atoms with Gasteiger partial charge in [-0.1, -0.05) is 0 Å². The molecule has 0 saturated heterocycles. The Bertz CT molecular complexity index is 620. The zero-order valence-electron chi connectivity index (χ0n) is 9.93. The molecule has 1 aromatic carbocycles. The fourth-order valence-corrected chi connectivity index (χ4v) is 2.57. The van der Waals surface area contributed by atoms with Gasteiger partial charge in [-0.2, -0.15) is 5.26 Å². The highest BCUT2D eigenvalue weighted by Crippen LogP contribution is 2.24. The van der Waals surface area contributed by atoms with Crippen LogP contribution in [0.15, 0.2) is 30.5 Å². The summed E-state index contributed by atoms with van der Waals surface area (Å²) in [6.07, 6.45) is 4.10. The van der Waals surface area contributed by atoms with Gasteiger partial charge in [0.2, 0.25) is 0 Å². The Morgan fingerprint density at radius 1 is 1.33 bits per heavy atom. The van der Waals surface area contributed by atoms with E-state index in [1.807, 2.05) is 10.8 Å². The summed E-state index contributed by atoms with van der Waals surface area (Å²) in [5, 5.41) is 8.84. The van der Waals surface area contributed by atoms with Gasteiger partial charge >= 0.3 is 0 Å². The lowest BCUT2D eigenvalue weighted by atomic mass is 10.1. The van der Waals surface area contributed by atoms with E-state index in [1.165, 1.54) is 18.0 Å². The van der Waals surface area contributed by atoms with Crippen LogP contribution in [0.2, 0.25) is 0 Å². The van der Waals surface area contributed by atoms with Gasteiger partial charge in [0.05, 0.1) is 13.0 Å². The lowest BCUT2D eigenvalue weighted by molar-refractivity contribution is -0.691. The van der Waals surface area contributed by atoms with Gasteiger partial charge in [-0.3, -0.25) is 0 Å². The maximum absolute atomic E-state index is 12.9. The SMILES string of the molecule is N#CC[n+]1cc(-c2ccc(F)cc2)n2c1CCC2. The van der Waals surface area contributed by atoms with Crippen LogP contribution in [-0.2, 0) is 19.5 Å². The summed E-state index contributed by atoms with van der Waals surface area (Å²) in [4.78, 5) is 0. The molecule has 0 saturated carbocycles. The molecule has 3 nitrogen and oxygen atoms in total. The van der Waals surface area contributed by atoms with Crippen molar-refractivity contribution in [3.63, 3.8) is 0 Å². The van der Waals surface area contributed by atoms with E-state index >= 15 is 0 Å². The summed E-state index contributed by atoms with van der Waals surface area (Å²) in [6.45, 7) is 1.34. The molecule has 0 spiro atoms. The van der Waals surface area contributed by atoms with Crippen LogP contribution in [-0.4, -0.2) is 4.57 Å². The Morgan fingerprint density at radius 2 is 2.11 bits per heavy atom. The van der Waals surface area contributed by atoms with E-state index in [-0.39, 0.29) is 5.82 Å². The molecule has 0 radical (unpaired) electrons. The zero-order chi connectivity index (χ0) is 12.5. The summed E-state index contributed by atoms with van der Waals surface area (Å²) in [5.41, 5.74) is 2.06. The van der Waals surface area contributed by atoms with Gasteiger partial charge < -0.3 is 0 Å². The van der Waals surface area contributed by atoms with E-state index in [2.05, 4.69) is 10.6 Å². The minimum atomic E-state index is -0.225. The Labute approximate surface area is 105 Å². The first-order valence-electron chi connectivity index (χ1n) is 6.04. The first-order valence-corrected chi connectivity index (χ1v) is 6.04. The van der Waals surface area contributed by atoms with Crippen LogP contribution in [0.3, 0.4) is 0 Å². The second-order valence-electron chi connectivity index (χ2n) is 4.48. The van der Waals surface area contributed by atoms with Crippen LogP contribution in [0.25, 0.3) is 11.3 Å². The third kappa shape index (κ3) is 1.68. The summed E-state index contributed by atoms with van der Waals surface area (Å²) < 4.78 is 17.2. The highest BCUT2D eigenvalue weighted by Gasteiger charge is 2.28. The number of halogens is 1. The number of benzene rings is 1.